The Hall–Kier alpha value is -1.71. The van der Waals surface area contributed by atoms with Crippen molar-refractivity contribution in [2.75, 3.05) is 6.54 Å². The van der Waals surface area contributed by atoms with Crippen LogP contribution in [0.5, 0.6) is 0 Å². The molecule has 0 aromatic carbocycles. The lowest BCUT2D eigenvalue weighted by Crippen LogP contribution is -2.58. The minimum absolute atomic E-state index is 0.306. The molecule has 18 heavy (non-hydrogen) atoms. The molecule has 0 aliphatic carbocycles. The number of hydrogen-bond donors (Lipinski definition) is 1. The molecule has 0 aromatic heterocycles. The van der Waals surface area contributed by atoms with Crippen LogP contribution in [0.25, 0.3) is 0 Å². The first kappa shape index (κ1) is 12.7. The van der Waals surface area contributed by atoms with Gasteiger partial charge in [0.1, 0.15) is 5.37 Å². The zero-order valence-corrected chi connectivity index (χ0v) is 10.1. The number of hydrogen-bond acceptors (Lipinski definition) is 6. The lowest BCUT2D eigenvalue weighted by atomic mass is 9.96. The van der Waals surface area contributed by atoms with Gasteiger partial charge in [-0.15, -0.1) is 0 Å². The minimum atomic E-state index is -4.07. The average molecular weight is 278 g/mol. The van der Waals surface area contributed by atoms with Crippen molar-refractivity contribution in [3.8, 4) is 0 Å². The maximum absolute atomic E-state index is 12.1. The second-order valence-electron chi connectivity index (χ2n) is 4.55. The van der Waals surface area contributed by atoms with E-state index in [9.17, 15) is 28.1 Å². The smallest absolute Gasteiger partial charge is 0.328 e. The number of carboxylic acids is 1. The van der Waals surface area contributed by atoms with Crippen LogP contribution in [-0.2, 0) is 19.4 Å². The number of nitro groups is 1. The van der Waals surface area contributed by atoms with Crippen LogP contribution in [0.15, 0.2) is 0 Å². The number of carbonyl (C=O) groups excluding carboxylic acids is 1. The van der Waals surface area contributed by atoms with Crippen LogP contribution in [-0.4, -0.2) is 57.9 Å². The van der Waals surface area contributed by atoms with E-state index < -0.39 is 49.3 Å². The quantitative estimate of drug-likeness (QED) is 0.375. The molecular formula is C8H10N2O7S. The Morgan fingerprint density at radius 2 is 2.22 bits per heavy atom. The summed E-state index contributed by atoms with van der Waals surface area (Å²) < 4.78 is 22.1. The highest BCUT2D eigenvalue weighted by molar-refractivity contribution is 7.93. The molecule has 3 atom stereocenters. The lowest BCUT2D eigenvalue weighted by Gasteiger charge is -2.35. The van der Waals surface area contributed by atoms with Gasteiger partial charge in [-0.2, -0.15) is 0 Å². The van der Waals surface area contributed by atoms with Gasteiger partial charge >= 0.3 is 5.97 Å². The molecule has 2 aliphatic rings. The first-order chi connectivity index (χ1) is 8.13. The predicted molar refractivity (Wildman–Crippen MR) is 55.9 cm³/mol. The van der Waals surface area contributed by atoms with Crippen molar-refractivity contribution >= 4 is 21.7 Å². The van der Waals surface area contributed by atoms with E-state index in [2.05, 4.69) is 0 Å². The zero-order valence-electron chi connectivity index (χ0n) is 9.27. The van der Waals surface area contributed by atoms with Crippen LogP contribution in [0.1, 0.15) is 13.3 Å². The Kier molecular flexibility index (Phi) is 2.41. The third-order valence-corrected chi connectivity index (χ3v) is 6.25. The van der Waals surface area contributed by atoms with Crippen molar-refractivity contribution in [3.63, 3.8) is 0 Å². The second-order valence-corrected chi connectivity index (χ2v) is 7.12. The van der Waals surface area contributed by atoms with Gasteiger partial charge in [-0.05, 0) is 6.92 Å². The largest absolute Gasteiger partial charge is 0.480 e. The summed E-state index contributed by atoms with van der Waals surface area (Å²) in [6, 6.07) is -1.70. The number of aliphatic carboxylic acids is 1. The summed E-state index contributed by atoms with van der Waals surface area (Å²) in [6.07, 6.45) is -0.306. The molecule has 2 aliphatic heterocycles. The van der Waals surface area contributed by atoms with Crippen molar-refractivity contribution in [2.45, 2.75) is 29.5 Å². The number of carbonyl (C=O) groups is 2. The standard InChI is InChI=1S/C8H10N2O7S/c1-8(3-9(14)15)6(7(12)13)10-4(11)2-5(10)18(8,16)17/h5-6H,2-3H2,1H3,(H,12,13)/t5-,6+,8+/m1/s1. The molecule has 9 nitrogen and oxygen atoms in total. The van der Waals surface area contributed by atoms with Gasteiger partial charge in [0.2, 0.25) is 12.5 Å². The normalized spacial score (nSPS) is 36.9. The highest BCUT2D eigenvalue weighted by Gasteiger charge is 2.71. The lowest BCUT2D eigenvalue weighted by molar-refractivity contribution is -0.485. The molecule has 2 saturated heterocycles. The Labute approximate surface area is 101 Å². The van der Waals surface area contributed by atoms with Crippen molar-refractivity contribution in [3.05, 3.63) is 10.1 Å². The summed E-state index contributed by atoms with van der Waals surface area (Å²) in [5, 5.41) is 18.4. The SMILES string of the molecule is C[C@]1(C[N+](=O)[O-])[C@H](C(=O)O)N2C(=O)C[C@H]2S1(=O)=O. The van der Waals surface area contributed by atoms with Crippen LogP contribution in [0.2, 0.25) is 0 Å². The van der Waals surface area contributed by atoms with Crippen LogP contribution in [0.3, 0.4) is 0 Å². The maximum atomic E-state index is 12.1. The molecule has 0 unspecified atom stereocenters. The van der Waals surface area contributed by atoms with Gasteiger partial charge in [0, 0.05) is 4.92 Å². The number of carboxylic acid groups (broad SMARTS) is 1. The van der Waals surface area contributed by atoms with Gasteiger partial charge in [0.25, 0.3) is 0 Å². The molecule has 0 spiro atoms. The zero-order chi connectivity index (χ0) is 13.9. The molecule has 10 heteroatoms. The van der Waals surface area contributed by atoms with Gasteiger partial charge in [-0.1, -0.05) is 0 Å². The van der Waals surface area contributed by atoms with Gasteiger partial charge < -0.3 is 10.0 Å². The minimum Gasteiger partial charge on any atom is -0.480 e. The third kappa shape index (κ3) is 1.29. The predicted octanol–water partition coefficient (Wildman–Crippen LogP) is -1.54. The highest BCUT2D eigenvalue weighted by Crippen LogP contribution is 2.46. The molecule has 0 bridgehead atoms. The third-order valence-electron chi connectivity index (χ3n) is 3.49. The Morgan fingerprint density at radius 3 is 2.61 bits per heavy atom. The van der Waals surface area contributed by atoms with E-state index in [0.717, 1.165) is 11.8 Å². The number of fused-ring (bicyclic) bond motifs is 1. The van der Waals surface area contributed by atoms with Gasteiger partial charge in [-0.25, -0.2) is 13.2 Å². The summed E-state index contributed by atoms with van der Waals surface area (Å²) in [5.74, 6) is -2.15. The van der Waals surface area contributed by atoms with Crippen LogP contribution < -0.4 is 0 Å². The molecule has 0 aromatic rings. The summed E-state index contributed by atoms with van der Waals surface area (Å²) >= 11 is 0. The van der Waals surface area contributed by atoms with E-state index in [1.807, 2.05) is 0 Å². The number of amides is 1. The number of sulfone groups is 1. The van der Waals surface area contributed by atoms with Crippen molar-refractivity contribution < 1.29 is 28.0 Å². The molecule has 2 heterocycles. The first-order valence-electron chi connectivity index (χ1n) is 5.02. The highest BCUT2D eigenvalue weighted by atomic mass is 32.2. The Morgan fingerprint density at radius 1 is 1.67 bits per heavy atom. The van der Waals surface area contributed by atoms with Gasteiger partial charge in [0.15, 0.2) is 20.6 Å². The van der Waals surface area contributed by atoms with Gasteiger partial charge in [-0.3, -0.25) is 14.9 Å². The molecule has 2 fully saturated rings. The molecule has 2 rings (SSSR count). The molecule has 0 radical (unpaired) electrons. The number of nitrogens with zero attached hydrogens (tertiary/aromatic N) is 2. The van der Waals surface area contributed by atoms with Crippen molar-refractivity contribution in [1.29, 1.82) is 0 Å². The number of rotatable bonds is 3. The Bertz CT molecular complexity index is 556. The van der Waals surface area contributed by atoms with Crippen molar-refractivity contribution in [1.82, 2.24) is 4.90 Å². The van der Waals surface area contributed by atoms with Crippen LogP contribution in [0, 0.1) is 10.1 Å². The molecule has 1 N–H and O–H groups in total. The van der Waals surface area contributed by atoms with E-state index in [0.29, 0.717) is 0 Å². The molecule has 0 saturated carbocycles. The van der Waals surface area contributed by atoms with E-state index in [-0.39, 0.29) is 6.42 Å². The molecule has 1 amide bonds. The topological polar surface area (TPSA) is 135 Å². The fourth-order valence-electron chi connectivity index (χ4n) is 2.54. The van der Waals surface area contributed by atoms with E-state index >= 15 is 0 Å². The summed E-state index contributed by atoms with van der Waals surface area (Å²) in [4.78, 5) is 32.9. The Balaban J connectivity index is 2.57. The van der Waals surface area contributed by atoms with E-state index in [4.69, 9.17) is 5.11 Å². The molecular weight excluding hydrogens is 268 g/mol. The number of β-lactam (4-membered cyclic amide) rings is 1. The average Bonchev–Trinajstić information content (AvgIpc) is 2.31. The van der Waals surface area contributed by atoms with Gasteiger partial charge in [0.05, 0.1) is 6.42 Å². The van der Waals surface area contributed by atoms with Crippen LogP contribution >= 0.6 is 0 Å². The summed E-state index contributed by atoms with van der Waals surface area (Å²) in [7, 11) is -4.07. The van der Waals surface area contributed by atoms with Crippen molar-refractivity contribution in [2.24, 2.45) is 0 Å². The molecule has 100 valence electrons. The summed E-state index contributed by atoms with van der Waals surface area (Å²) in [5.41, 5.74) is 0. The van der Waals surface area contributed by atoms with Crippen LogP contribution in [0.4, 0.5) is 0 Å². The van der Waals surface area contributed by atoms with E-state index in [1.165, 1.54) is 0 Å². The fraction of sp³-hybridized carbons (Fsp3) is 0.750. The maximum Gasteiger partial charge on any atom is 0.328 e. The first-order valence-corrected chi connectivity index (χ1v) is 6.57. The second kappa shape index (κ2) is 3.40. The van der Waals surface area contributed by atoms with E-state index in [1.54, 1.807) is 0 Å². The fourth-order valence-corrected chi connectivity index (χ4v) is 4.88. The summed E-state index contributed by atoms with van der Waals surface area (Å²) in [6.45, 7) is -0.0257. The monoisotopic (exact) mass is 278 g/mol.